The van der Waals surface area contributed by atoms with E-state index >= 15 is 0 Å². The lowest BCUT2D eigenvalue weighted by atomic mass is 9.70. The van der Waals surface area contributed by atoms with Crippen LogP contribution in [0.1, 0.15) is 47.1 Å². The first-order valence-corrected chi connectivity index (χ1v) is 12.4. The fourth-order valence-corrected chi connectivity index (χ4v) is 6.02. The van der Waals surface area contributed by atoms with Crippen LogP contribution in [0, 0.1) is 5.41 Å². The number of benzene rings is 1. The molecule has 7 nitrogen and oxygen atoms in total. The van der Waals surface area contributed by atoms with Crippen LogP contribution in [0.25, 0.3) is 0 Å². The number of carbonyl (C=O) groups excluding carboxylic acids is 1. The summed E-state index contributed by atoms with van der Waals surface area (Å²) in [5.74, 6) is 0.708. The quantitative estimate of drug-likeness (QED) is 0.539. The zero-order valence-corrected chi connectivity index (χ0v) is 21.2. The minimum absolute atomic E-state index is 0.0366. The normalized spacial score (nSPS) is 19.5. The number of hydrogen-bond donors (Lipinski definition) is 2. The predicted molar refractivity (Wildman–Crippen MR) is 137 cm³/mol. The zero-order valence-electron chi connectivity index (χ0n) is 20.4. The number of aliphatic hydroxyl groups excluding tert-OH is 1. The molecular formula is C27H32ClN5O2. The van der Waals surface area contributed by atoms with Crippen molar-refractivity contribution < 1.29 is 9.90 Å². The van der Waals surface area contributed by atoms with Gasteiger partial charge in [-0.3, -0.25) is 4.79 Å². The minimum atomic E-state index is -0.263. The second-order valence-electron chi connectivity index (χ2n) is 10.2. The number of amides is 1. The molecule has 2 aromatic heterocycles. The molecule has 0 bridgehead atoms. The molecule has 8 heteroatoms. The van der Waals surface area contributed by atoms with Crippen LogP contribution in [-0.2, 0) is 19.7 Å². The number of rotatable bonds is 6. The Morgan fingerprint density at radius 1 is 1.17 bits per heavy atom. The number of fused-ring (bicyclic) bond motifs is 1. The molecule has 1 atom stereocenters. The van der Waals surface area contributed by atoms with Crippen molar-refractivity contribution in [2.24, 2.45) is 5.41 Å². The van der Waals surface area contributed by atoms with E-state index in [4.69, 9.17) is 11.6 Å². The van der Waals surface area contributed by atoms with E-state index in [2.05, 4.69) is 40.7 Å². The molecule has 0 saturated carbocycles. The fraction of sp³-hybridized carbons (Fsp3) is 0.407. The number of nitrogens with zero attached hydrogens (tertiary/aromatic N) is 4. The molecule has 35 heavy (non-hydrogen) atoms. The fourth-order valence-electron chi connectivity index (χ4n) is 5.82. The van der Waals surface area contributed by atoms with Gasteiger partial charge in [-0.05, 0) is 55.8 Å². The second-order valence-corrected chi connectivity index (χ2v) is 10.6. The van der Waals surface area contributed by atoms with E-state index in [0.717, 1.165) is 42.1 Å². The number of halogens is 1. The maximum Gasteiger partial charge on any atom is 0.271 e. The Labute approximate surface area is 211 Å². The summed E-state index contributed by atoms with van der Waals surface area (Å²) in [4.78, 5) is 22.9. The molecule has 1 unspecified atom stereocenters. The lowest BCUT2D eigenvalue weighted by Crippen LogP contribution is -2.61. The molecule has 1 amide bonds. The van der Waals surface area contributed by atoms with E-state index in [0.29, 0.717) is 17.3 Å². The smallest absolute Gasteiger partial charge is 0.271 e. The molecule has 0 aliphatic carbocycles. The molecule has 184 valence electrons. The highest BCUT2D eigenvalue weighted by Crippen LogP contribution is 2.51. The van der Waals surface area contributed by atoms with Crippen molar-refractivity contribution in [1.82, 2.24) is 19.4 Å². The molecule has 1 saturated heterocycles. The van der Waals surface area contributed by atoms with Gasteiger partial charge in [0.05, 0.1) is 17.7 Å². The third-order valence-electron chi connectivity index (χ3n) is 7.10. The number of aliphatic hydroxyl groups is 1. The number of anilines is 1. The summed E-state index contributed by atoms with van der Waals surface area (Å²) in [5.41, 5.74) is 3.11. The number of hydrogen-bond acceptors (Lipinski definition) is 5. The third kappa shape index (κ3) is 4.33. The SMILES string of the molecule is CC(C)Nc1cc(C2N(Cc3ccccc3CO)C(=O)c3cccn3CC23CN(C)C3)c(Cl)cn1. The first-order valence-electron chi connectivity index (χ1n) is 12.1. The summed E-state index contributed by atoms with van der Waals surface area (Å²) in [6.07, 6.45) is 3.68. The van der Waals surface area contributed by atoms with Gasteiger partial charge < -0.3 is 24.8 Å². The molecule has 0 radical (unpaired) electrons. The van der Waals surface area contributed by atoms with Gasteiger partial charge >= 0.3 is 0 Å². The molecular weight excluding hydrogens is 462 g/mol. The van der Waals surface area contributed by atoms with Crippen LogP contribution in [0.3, 0.4) is 0 Å². The van der Waals surface area contributed by atoms with Crippen molar-refractivity contribution in [3.63, 3.8) is 0 Å². The Bertz CT molecular complexity index is 1230. The number of nitrogens with one attached hydrogen (secondary N) is 1. The first-order chi connectivity index (χ1) is 16.8. The van der Waals surface area contributed by atoms with Crippen LogP contribution < -0.4 is 5.32 Å². The molecule has 2 aliphatic heterocycles. The van der Waals surface area contributed by atoms with Crippen LogP contribution in [0.2, 0.25) is 5.02 Å². The Hall–Kier alpha value is -2.87. The van der Waals surface area contributed by atoms with E-state index in [1.807, 2.05) is 53.6 Å². The topological polar surface area (TPSA) is 73.6 Å². The van der Waals surface area contributed by atoms with E-state index in [1.54, 1.807) is 6.20 Å². The molecule has 1 aromatic carbocycles. The van der Waals surface area contributed by atoms with Gasteiger partial charge in [-0.2, -0.15) is 0 Å². The van der Waals surface area contributed by atoms with Crippen molar-refractivity contribution in [2.75, 3.05) is 25.5 Å². The molecule has 1 spiro atoms. The van der Waals surface area contributed by atoms with Gasteiger partial charge in [-0.15, -0.1) is 0 Å². The standard InChI is InChI=1S/C27H32ClN5O2/c1-18(2)30-24-11-21(22(28)12-29-24)25-27(15-31(3)16-27)17-32-10-6-9-23(32)26(35)33(25)13-19-7-4-5-8-20(19)14-34/h4-12,18,25,34H,13-17H2,1-3H3,(H,29,30). The maximum atomic E-state index is 14.1. The van der Waals surface area contributed by atoms with Crippen molar-refractivity contribution in [1.29, 1.82) is 0 Å². The van der Waals surface area contributed by atoms with Gasteiger partial charge in [0.25, 0.3) is 5.91 Å². The summed E-state index contributed by atoms with van der Waals surface area (Å²) < 4.78 is 2.09. The predicted octanol–water partition coefficient (Wildman–Crippen LogP) is 4.18. The lowest BCUT2D eigenvalue weighted by molar-refractivity contribution is -0.0584. The van der Waals surface area contributed by atoms with Crippen molar-refractivity contribution in [3.05, 3.63) is 82.3 Å². The van der Waals surface area contributed by atoms with Gasteiger partial charge in [-0.1, -0.05) is 35.9 Å². The van der Waals surface area contributed by atoms with E-state index < -0.39 is 0 Å². The minimum Gasteiger partial charge on any atom is -0.392 e. The highest BCUT2D eigenvalue weighted by Gasteiger charge is 2.54. The number of carbonyl (C=O) groups is 1. The first kappa shape index (κ1) is 23.9. The molecule has 5 rings (SSSR count). The Morgan fingerprint density at radius 3 is 2.60 bits per heavy atom. The van der Waals surface area contributed by atoms with Gasteiger partial charge in [-0.25, -0.2) is 4.98 Å². The summed E-state index contributed by atoms with van der Waals surface area (Å²) in [5, 5.41) is 13.9. The highest BCUT2D eigenvalue weighted by atomic mass is 35.5. The van der Waals surface area contributed by atoms with Crippen LogP contribution in [0.4, 0.5) is 5.82 Å². The highest BCUT2D eigenvalue weighted by molar-refractivity contribution is 6.31. The van der Waals surface area contributed by atoms with Gasteiger partial charge in [0, 0.05) is 50.0 Å². The number of aromatic nitrogens is 2. The average molecular weight is 494 g/mol. The summed E-state index contributed by atoms with van der Waals surface area (Å²) in [7, 11) is 2.11. The largest absolute Gasteiger partial charge is 0.392 e. The van der Waals surface area contributed by atoms with E-state index in [-0.39, 0.29) is 30.0 Å². The number of pyridine rings is 1. The Kier molecular flexibility index (Phi) is 6.34. The van der Waals surface area contributed by atoms with Crippen molar-refractivity contribution in [3.8, 4) is 0 Å². The molecule has 2 N–H and O–H groups in total. The molecule has 1 fully saturated rings. The monoisotopic (exact) mass is 493 g/mol. The molecule has 2 aliphatic rings. The second kappa shape index (κ2) is 9.30. The van der Waals surface area contributed by atoms with E-state index in [9.17, 15) is 9.90 Å². The van der Waals surface area contributed by atoms with Crippen LogP contribution in [-0.4, -0.2) is 56.5 Å². The average Bonchev–Trinajstić information content (AvgIpc) is 3.23. The third-order valence-corrected chi connectivity index (χ3v) is 7.42. The maximum absolute atomic E-state index is 14.1. The van der Waals surface area contributed by atoms with Crippen molar-refractivity contribution in [2.45, 2.75) is 45.6 Å². The summed E-state index contributed by atoms with van der Waals surface area (Å²) in [6.45, 7) is 6.84. The molecule has 4 heterocycles. The van der Waals surface area contributed by atoms with Gasteiger partial charge in [0.15, 0.2) is 0 Å². The van der Waals surface area contributed by atoms with Gasteiger partial charge in [0.2, 0.25) is 0 Å². The van der Waals surface area contributed by atoms with Crippen molar-refractivity contribution >= 4 is 23.3 Å². The van der Waals surface area contributed by atoms with Crippen LogP contribution >= 0.6 is 11.6 Å². The van der Waals surface area contributed by atoms with E-state index in [1.165, 1.54) is 0 Å². The zero-order chi connectivity index (χ0) is 24.7. The summed E-state index contributed by atoms with van der Waals surface area (Å²) in [6, 6.07) is 13.5. The summed E-state index contributed by atoms with van der Waals surface area (Å²) >= 11 is 6.84. The Balaban J connectivity index is 1.68. The van der Waals surface area contributed by atoms with Crippen LogP contribution in [0.5, 0.6) is 0 Å². The lowest BCUT2D eigenvalue weighted by Gasteiger charge is -2.55. The van der Waals surface area contributed by atoms with Gasteiger partial charge in [0.1, 0.15) is 11.5 Å². The van der Waals surface area contributed by atoms with Crippen LogP contribution in [0.15, 0.2) is 54.9 Å². The Morgan fingerprint density at radius 2 is 1.91 bits per heavy atom. The number of likely N-dealkylation sites (tertiary alicyclic amines) is 1. The molecule has 3 aromatic rings.